The van der Waals surface area contributed by atoms with E-state index in [0.717, 1.165) is 39.3 Å². The molecule has 4 rings (SSSR count). The van der Waals surface area contributed by atoms with Gasteiger partial charge in [-0.3, -0.25) is 9.69 Å². The van der Waals surface area contributed by atoms with Crippen LogP contribution in [0.15, 0.2) is 71.6 Å². The van der Waals surface area contributed by atoms with E-state index in [1.165, 1.54) is 16.2 Å². The van der Waals surface area contributed by atoms with Crippen molar-refractivity contribution in [2.45, 2.75) is 31.2 Å². The van der Waals surface area contributed by atoms with Gasteiger partial charge < -0.3 is 4.74 Å². The van der Waals surface area contributed by atoms with Gasteiger partial charge in [-0.1, -0.05) is 53.3 Å². The molecule has 0 aliphatic heterocycles. The number of halogens is 1. The van der Waals surface area contributed by atoms with E-state index in [0.29, 0.717) is 23.1 Å². The Labute approximate surface area is 207 Å². The highest BCUT2D eigenvalue weighted by Gasteiger charge is 2.21. The summed E-state index contributed by atoms with van der Waals surface area (Å²) in [5.74, 6) is 1.79. The highest BCUT2D eigenvalue weighted by Crippen LogP contribution is 2.34. The smallest absolute Gasteiger partial charge is 0.229 e. The SMILES string of the molecule is COc1ccc(SCCCC(=O)N(Cc2ccccc2)c2nc3c(C)c(Cl)ccc3s2)cc1. The Balaban J connectivity index is 1.47. The van der Waals surface area contributed by atoms with Gasteiger partial charge in [0.15, 0.2) is 5.13 Å². The Hall–Kier alpha value is -2.54. The van der Waals surface area contributed by atoms with Gasteiger partial charge in [-0.2, -0.15) is 0 Å². The summed E-state index contributed by atoms with van der Waals surface area (Å²) in [5.41, 5.74) is 2.88. The summed E-state index contributed by atoms with van der Waals surface area (Å²) >= 11 is 9.58. The number of nitrogens with zero attached hydrogens (tertiary/aromatic N) is 2. The molecule has 33 heavy (non-hydrogen) atoms. The molecular weight excluding hydrogens is 472 g/mol. The Bertz CT molecular complexity index is 1230. The minimum atomic E-state index is 0.0805. The van der Waals surface area contributed by atoms with Gasteiger partial charge in [-0.15, -0.1) is 11.8 Å². The number of hydrogen-bond acceptors (Lipinski definition) is 5. The first-order chi connectivity index (χ1) is 16.0. The van der Waals surface area contributed by atoms with Crippen LogP contribution in [-0.2, 0) is 11.3 Å². The average molecular weight is 497 g/mol. The fraction of sp³-hybridized carbons (Fsp3) is 0.231. The number of hydrogen-bond donors (Lipinski definition) is 0. The molecule has 170 valence electrons. The van der Waals surface area contributed by atoms with E-state index < -0.39 is 0 Å². The number of ether oxygens (including phenoxy) is 1. The van der Waals surface area contributed by atoms with Crippen LogP contribution in [0.25, 0.3) is 10.2 Å². The molecular formula is C26H25ClN2O2S2. The molecule has 7 heteroatoms. The highest BCUT2D eigenvalue weighted by atomic mass is 35.5. The van der Waals surface area contributed by atoms with Crippen molar-refractivity contribution in [3.05, 3.63) is 82.9 Å². The lowest BCUT2D eigenvalue weighted by molar-refractivity contribution is -0.118. The summed E-state index contributed by atoms with van der Waals surface area (Å²) < 4.78 is 6.24. The zero-order chi connectivity index (χ0) is 23.2. The molecule has 0 atom stereocenters. The third-order valence-electron chi connectivity index (χ3n) is 5.32. The molecule has 0 radical (unpaired) electrons. The molecule has 0 spiro atoms. The molecule has 0 unspecified atom stereocenters. The first-order valence-electron chi connectivity index (χ1n) is 10.7. The van der Waals surface area contributed by atoms with Crippen LogP contribution in [-0.4, -0.2) is 23.8 Å². The Morgan fingerprint density at radius 3 is 2.58 bits per heavy atom. The van der Waals surface area contributed by atoms with Crippen molar-refractivity contribution in [2.75, 3.05) is 17.8 Å². The van der Waals surface area contributed by atoms with Crippen LogP contribution in [0.3, 0.4) is 0 Å². The van der Waals surface area contributed by atoms with Gasteiger partial charge in [-0.05, 0) is 66.6 Å². The van der Waals surface area contributed by atoms with Crippen LogP contribution in [0.5, 0.6) is 5.75 Å². The molecule has 3 aromatic carbocycles. The normalized spacial score (nSPS) is 11.0. The van der Waals surface area contributed by atoms with E-state index in [4.69, 9.17) is 21.3 Å². The molecule has 0 bridgehead atoms. The maximum absolute atomic E-state index is 13.3. The lowest BCUT2D eigenvalue weighted by atomic mass is 10.2. The van der Waals surface area contributed by atoms with E-state index in [-0.39, 0.29) is 5.91 Å². The minimum absolute atomic E-state index is 0.0805. The van der Waals surface area contributed by atoms with E-state index in [2.05, 4.69) is 0 Å². The summed E-state index contributed by atoms with van der Waals surface area (Å²) in [7, 11) is 1.66. The van der Waals surface area contributed by atoms with Crippen LogP contribution in [0.1, 0.15) is 24.0 Å². The van der Waals surface area contributed by atoms with Gasteiger partial charge in [0.25, 0.3) is 0 Å². The molecule has 4 nitrogen and oxygen atoms in total. The Morgan fingerprint density at radius 1 is 1.09 bits per heavy atom. The second-order valence-electron chi connectivity index (χ2n) is 7.61. The first kappa shape index (κ1) is 23.6. The maximum atomic E-state index is 13.3. The van der Waals surface area contributed by atoms with Gasteiger partial charge in [0, 0.05) is 16.3 Å². The van der Waals surface area contributed by atoms with Crippen molar-refractivity contribution in [1.29, 1.82) is 0 Å². The second kappa shape index (κ2) is 11.1. The van der Waals surface area contributed by atoms with Gasteiger partial charge in [-0.25, -0.2) is 4.98 Å². The van der Waals surface area contributed by atoms with Crippen LogP contribution < -0.4 is 9.64 Å². The molecule has 0 aliphatic rings. The van der Waals surface area contributed by atoms with Gasteiger partial charge in [0.1, 0.15) is 5.75 Å². The number of aromatic nitrogens is 1. The molecule has 1 amide bonds. The molecule has 0 aliphatic carbocycles. The average Bonchev–Trinajstić information content (AvgIpc) is 3.28. The minimum Gasteiger partial charge on any atom is -0.497 e. The van der Waals surface area contributed by atoms with Crippen LogP contribution in [0.4, 0.5) is 5.13 Å². The third kappa shape index (κ3) is 5.88. The molecule has 0 fully saturated rings. The number of carbonyl (C=O) groups excluding carboxylic acids is 1. The molecule has 1 aromatic heterocycles. The van der Waals surface area contributed by atoms with Crippen molar-refractivity contribution < 1.29 is 9.53 Å². The Kier molecular flexibility index (Phi) is 7.91. The standard InChI is InChI=1S/C26H25ClN2O2S2/c1-18-22(27)14-15-23-25(18)28-26(33-23)29(17-19-7-4-3-5-8-19)24(30)9-6-16-32-21-12-10-20(31-2)11-13-21/h3-5,7-8,10-15H,6,9,16-17H2,1-2H3. The quantitative estimate of drug-likeness (QED) is 0.179. The number of amides is 1. The lowest BCUT2D eigenvalue weighted by Gasteiger charge is -2.20. The highest BCUT2D eigenvalue weighted by molar-refractivity contribution is 7.99. The molecule has 0 N–H and O–H groups in total. The zero-order valence-corrected chi connectivity index (χ0v) is 21.0. The van der Waals surface area contributed by atoms with Gasteiger partial charge in [0.05, 0.1) is 23.9 Å². The summed E-state index contributed by atoms with van der Waals surface area (Å²) in [6.07, 6.45) is 1.25. The van der Waals surface area contributed by atoms with Crippen LogP contribution in [0.2, 0.25) is 5.02 Å². The van der Waals surface area contributed by atoms with Crippen molar-refractivity contribution in [1.82, 2.24) is 4.98 Å². The van der Waals surface area contributed by atoms with E-state index >= 15 is 0 Å². The van der Waals surface area contributed by atoms with Gasteiger partial charge >= 0.3 is 0 Å². The number of aryl methyl sites for hydroxylation is 1. The zero-order valence-electron chi connectivity index (χ0n) is 18.6. The summed E-state index contributed by atoms with van der Waals surface area (Å²) in [6, 6.07) is 21.9. The van der Waals surface area contributed by atoms with E-state index in [1.807, 2.05) is 78.6 Å². The Morgan fingerprint density at radius 2 is 1.85 bits per heavy atom. The van der Waals surface area contributed by atoms with Crippen molar-refractivity contribution in [3.8, 4) is 5.75 Å². The van der Waals surface area contributed by atoms with Crippen LogP contribution in [0, 0.1) is 6.92 Å². The first-order valence-corrected chi connectivity index (χ1v) is 12.9. The summed E-state index contributed by atoms with van der Waals surface area (Å²) in [5, 5.41) is 1.41. The largest absolute Gasteiger partial charge is 0.497 e. The van der Waals surface area contributed by atoms with E-state index in [1.54, 1.807) is 18.9 Å². The monoisotopic (exact) mass is 496 g/mol. The number of thioether (sulfide) groups is 1. The maximum Gasteiger partial charge on any atom is 0.229 e. The fourth-order valence-corrected chi connectivity index (χ4v) is 5.50. The predicted octanol–water partition coefficient (Wildman–Crippen LogP) is 7.37. The second-order valence-corrected chi connectivity index (χ2v) is 10.2. The number of thiazole rings is 1. The van der Waals surface area contributed by atoms with Crippen molar-refractivity contribution >= 4 is 56.0 Å². The third-order valence-corrected chi connectivity index (χ3v) is 7.87. The summed E-state index contributed by atoms with van der Waals surface area (Å²) in [4.78, 5) is 21.1. The number of carbonyl (C=O) groups is 1. The lowest BCUT2D eigenvalue weighted by Crippen LogP contribution is -2.30. The molecule has 0 saturated carbocycles. The number of anilines is 1. The predicted molar refractivity (Wildman–Crippen MR) is 140 cm³/mol. The fourth-order valence-electron chi connectivity index (χ4n) is 3.45. The molecule has 1 heterocycles. The van der Waals surface area contributed by atoms with E-state index in [9.17, 15) is 4.79 Å². The number of fused-ring (bicyclic) bond motifs is 1. The number of benzene rings is 3. The van der Waals surface area contributed by atoms with Crippen LogP contribution >= 0.6 is 34.7 Å². The number of methoxy groups -OCH3 is 1. The summed E-state index contributed by atoms with van der Waals surface area (Å²) in [6.45, 7) is 2.46. The number of rotatable bonds is 9. The molecule has 0 saturated heterocycles. The molecule has 4 aromatic rings. The topological polar surface area (TPSA) is 42.4 Å². The van der Waals surface area contributed by atoms with Gasteiger partial charge in [0.2, 0.25) is 5.91 Å². The van der Waals surface area contributed by atoms with Crippen molar-refractivity contribution in [3.63, 3.8) is 0 Å². The van der Waals surface area contributed by atoms with Crippen molar-refractivity contribution in [2.24, 2.45) is 0 Å².